The summed E-state index contributed by atoms with van der Waals surface area (Å²) in [5.41, 5.74) is 1.01. The molecule has 1 aromatic rings. The molecule has 1 aromatic carbocycles. The number of rotatable bonds is 8. The Morgan fingerprint density at radius 1 is 1.17 bits per heavy atom. The maximum atomic E-state index is 6.39. The smallest absolute Gasteiger partial charge is 0.120 e. The van der Waals surface area contributed by atoms with E-state index in [2.05, 4.69) is 6.92 Å². The molecule has 1 rings (SSSR count). The lowest BCUT2D eigenvalue weighted by Crippen LogP contribution is -1.93. The molecule has 3 heteroatoms. The van der Waals surface area contributed by atoms with Crippen molar-refractivity contribution in [2.45, 2.75) is 50.8 Å². The quantitative estimate of drug-likeness (QED) is 0.422. The predicted octanol–water partition coefficient (Wildman–Crippen LogP) is 5.99. The van der Waals surface area contributed by atoms with Crippen molar-refractivity contribution in [2.24, 2.45) is 0 Å². The molecule has 1 atom stereocenters. The third-order valence-corrected chi connectivity index (χ3v) is 3.89. The van der Waals surface area contributed by atoms with Crippen molar-refractivity contribution in [1.29, 1.82) is 0 Å². The zero-order valence-electron chi connectivity index (χ0n) is 11.2. The van der Waals surface area contributed by atoms with Crippen LogP contribution in [0.3, 0.4) is 0 Å². The number of ether oxygens (including phenoxy) is 1. The molecule has 0 bridgehead atoms. The number of hydrogen-bond donors (Lipinski definition) is 0. The van der Waals surface area contributed by atoms with Crippen LogP contribution in [0.5, 0.6) is 5.75 Å². The van der Waals surface area contributed by atoms with Gasteiger partial charge in [0.2, 0.25) is 0 Å². The van der Waals surface area contributed by atoms with Gasteiger partial charge in [-0.15, -0.1) is 11.6 Å². The van der Waals surface area contributed by atoms with E-state index in [-0.39, 0.29) is 5.38 Å². The lowest BCUT2D eigenvalue weighted by molar-refractivity contribution is 0.414. The molecule has 0 spiro atoms. The van der Waals surface area contributed by atoms with Crippen LogP contribution in [0.1, 0.15) is 56.4 Å². The molecule has 0 saturated heterocycles. The van der Waals surface area contributed by atoms with Gasteiger partial charge >= 0.3 is 0 Å². The van der Waals surface area contributed by atoms with Gasteiger partial charge in [-0.25, -0.2) is 0 Å². The third-order valence-electron chi connectivity index (χ3n) is 3.11. The highest BCUT2D eigenvalue weighted by molar-refractivity contribution is 6.32. The third kappa shape index (κ3) is 5.07. The molecular formula is C15H22Cl2O. The first-order chi connectivity index (χ1) is 8.69. The lowest BCUT2D eigenvalue weighted by atomic mass is 10.0. The van der Waals surface area contributed by atoms with E-state index in [1.165, 1.54) is 25.7 Å². The molecule has 0 saturated carbocycles. The van der Waals surface area contributed by atoms with Gasteiger partial charge in [-0.1, -0.05) is 56.7 Å². The number of unbranched alkanes of at least 4 members (excludes halogenated alkanes) is 4. The summed E-state index contributed by atoms with van der Waals surface area (Å²) in [5, 5.41) is 0.702. The first-order valence-corrected chi connectivity index (χ1v) is 7.48. The van der Waals surface area contributed by atoms with Crippen molar-refractivity contribution in [1.82, 2.24) is 0 Å². The molecule has 0 aliphatic rings. The van der Waals surface area contributed by atoms with Crippen LogP contribution in [0, 0.1) is 0 Å². The minimum atomic E-state index is 0.00466. The topological polar surface area (TPSA) is 9.23 Å². The highest BCUT2D eigenvalue weighted by Gasteiger charge is 2.12. The van der Waals surface area contributed by atoms with Gasteiger partial charge in [0.05, 0.1) is 12.5 Å². The predicted molar refractivity (Wildman–Crippen MR) is 80.0 cm³/mol. The average molecular weight is 289 g/mol. The Kier molecular flexibility index (Phi) is 7.53. The summed E-state index contributed by atoms with van der Waals surface area (Å²) in [7, 11) is 1.64. The fourth-order valence-electron chi connectivity index (χ4n) is 1.97. The molecule has 0 aliphatic carbocycles. The summed E-state index contributed by atoms with van der Waals surface area (Å²) in [5.74, 6) is 0.774. The summed E-state index contributed by atoms with van der Waals surface area (Å²) in [6.07, 6.45) is 7.29. The Labute approximate surface area is 120 Å². The largest absolute Gasteiger partial charge is 0.497 e. The van der Waals surface area contributed by atoms with Crippen molar-refractivity contribution < 1.29 is 4.74 Å². The average Bonchev–Trinajstić information content (AvgIpc) is 2.38. The van der Waals surface area contributed by atoms with Crippen LogP contribution in [0.2, 0.25) is 5.02 Å². The summed E-state index contributed by atoms with van der Waals surface area (Å²) in [6.45, 7) is 2.22. The van der Waals surface area contributed by atoms with Crippen molar-refractivity contribution in [3.63, 3.8) is 0 Å². The molecule has 1 nitrogen and oxygen atoms in total. The van der Waals surface area contributed by atoms with E-state index < -0.39 is 0 Å². The zero-order valence-corrected chi connectivity index (χ0v) is 12.7. The number of benzene rings is 1. The van der Waals surface area contributed by atoms with E-state index in [1.54, 1.807) is 7.11 Å². The van der Waals surface area contributed by atoms with Crippen molar-refractivity contribution >= 4 is 23.2 Å². The number of hydrogen-bond acceptors (Lipinski definition) is 1. The fourth-order valence-corrected chi connectivity index (χ4v) is 2.67. The van der Waals surface area contributed by atoms with Gasteiger partial charge in [0.25, 0.3) is 0 Å². The first-order valence-electron chi connectivity index (χ1n) is 6.66. The summed E-state index contributed by atoms with van der Waals surface area (Å²) in [4.78, 5) is 0. The van der Waals surface area contributed by atoms with Crippen LogP contribution in [-0.2, 0) is 0 Å². The van der Waals surface area contributed by atoms with Crippen LogP contribution in [0.4, 0.5) is 0 Å². The summed E-state index contributed by atoms with van der Waals surface area (Å²) >= 11 is 12.6. The molecule has 0 fully saturated rings. The second-order valence-corrected chi connectivity index (χ2v) is 5.49. The second kappa shape index (κ2) is 8.66. The van der Waals surface area contributed by atoms with Crippen LogP contribution in [0.15, 0.2) is 18.2 Å². The van der Waals surface area contributed by atoms with Crippen molar-refractivity contribution in [2.75, 3.05) is 7.11 Å². The SMILES string of the molecule is CCCCCCCC(Cl)c1ccc(OC)cc1Cl. The van der Waals surface area contributed by atoms with Gasteiger partial charge in [-0.3, -0.25) is 0 Å². The van der Waals surface area contributed by atoms with Gasteiger partial charge in [0, 0.05) is 5.02 Å². The van der Waals surface area contributed by atoms with Crippen molar-refractivity contribution in [3.8, 4) is 5.75 Å². The molecule has 0 aromatic heterocycles. The van der Waals surface area contributed by atoms with Gasteiger partial charge < -0.3 is 4.74 Å². The zero-order chi connectivity index (χ0) is 13.4. The minimum absolute atomic E-state index is 0.00466. The molecule has 18 heavy (non-hydrogen) atoms. The van der Waals surface area contributed by atoms with Crippen LogP contribution in [0.25, 0.3) is 0 Å². The monoisotopic (exact) mass is 288 g/mol. The first kappa shape index (κ1) is 15.7. The van der Waals surface area contributed by atoms with Crippen LogP contribution < -0.4 is 4.74 Å². The Balaban J connectivity index is 2.43. The van der Waals surface area contributed by atoms with E-state index in [4.69, 9.17) is 27.9 Å². The molecule has 1 unspecified atom stereocenters. The fraction of sp³-hybridized carbons (Fsp3) is 0.600. The lowest BCUT2D eigenvalue weighted by Gasteiger charge is -2.12. The van der Waals surface area contributed by atoms with Crippen LogP contribution in [-0.4, -0.2) is 7.11 Å². The van der Waals surface area contributed by atoms with E-state index >= 15 is 0 Å². The molecule has 0 heterocycles. The minimum Gasteiger partial charge on any atom is -0.497 e. The molecule has 102 valence electrons. The highest BCUT2D eigenvalue weighted by atomic mass is 35.5. The molecule has 0 radical (unpaired) electrons. The Morgan fingerprint density at radius 3 is 2.50 bits per heavy atom. The summed E-state index contributed by atoms with van der Waals surface area (Å²) in [6, 6.07) is 5.70. The summed E-state index contributed by atoms with van der Waals surface area (Å²) < 4.78 is 5.13. The van der Waals surface area contributed by atoms with E-state index in [0.29, 0.717) is 5.02 Å². The molecule has 0 amide bonds. The normalized spacial score (nSPS) is 12.4. The Morgan fingerprint density at radius 2 is 1.89 bits per heavy atom. The molecule has 0 N–H and O–H groups in total. The van der Waals surface area contributed by atoms with E-state index in [0.717, 1.165) is 24.2 Å². The highest BCUT2D eigenvalue weighted by Crippen LogP contribution is 2.34. The van der Waals surface area contributed by atoms with Crippen LogP contribution >= 0.6 is 23.2 Å². The Bertz CT molecular complexity index is 352. The van der Waals surface area contributed by atoms with Gasteiger partial charge in [0.15, 0.2) is 0 Å². The second-order valence-electron chi connectivity index (χ2n) is 4.56. The van der Waals surface area contributed by atoms with E-state index in [1.807, 2.05) is 18.2 Å². The number of alkyl halides is 1. The molecule has 0 aliphatic heterocycles. The van der Waals surface area contributed by atoms with Gasteiger partial charge in [-0.05, 0) is 24.1 Å². The molecular weight excluding hydrogens is 267 g/mol. The Hall–Kier alpha value is -0.400. The van der Waals surface area contributed by atoms with Gasteiger partial charge in [-0.2, -0.15) is 0 Å². The van der Waals surface area contributed by atoms with E-state index in [9.17, 15) is 0 Å². The number of methoxy groups -OCH3 is 1. The number of halogens is 2. The van der Waals surface area contributed by atoms with Crippen molar-refractivity contribution in [3.05, 3.63) is 28.8 Å². The standard InChI is InChI=1S/C15H22Cl2O/c1-3-4-5-6-7-8-14(16)13-10-9-12(18-2)11-15(13)17/h9-11,14H,3-8H2,1-2H3. The maximum absolute atomic E-state index is 6.39. The van der Waals surface area contributed by atoms with Gasteiger partial charge in [0.1, 0.15) is 5.75 Å². The maximum Gasteiger partial charge on any atom is 0.120 e.